The van der Waals surface area contributed by atoms with Crippen LogP contribution in [0.4, 0.5) is 10.5 Å². The Labute approximate surface area is 142 Å². The summed E-state index contributed by atoms with van der Waals surface area (Å²) in [7, 11) is -3.03. The number of nitriles is 1. The first-order valence-electron chi connectivity index (χ1n) is 7.81. The summed E-state index contributed by atoms with van der Waals surface area (Å²) in [6, 6.07) is 11.3. The minimum absolute atomic E-state index is 0.0274. The van der Waals surface area contributed by atoms with Crippen molar-refractivity contribution in [2.45, 2.75) is 18.9 Å². The summed E-state index contributed by atoms with van der Waals surface area (Å²) in [5, 5.41) is 11.3. The Hall–Kier alpha value is -2.27. The molecule has 1 aromatic carbocycles. The van der Waals surface area contributed by atoms with E-state index in [0.29, 0.717) is 25.9 Å². The highest BCUT2D eigenvalue weighted by molar-refractivity contribution is 7.91. The van der Waals surface area contributed by atoms with Gasteiger partial charge in [-0.05, 0) is 18.6 Å². The molecule has 1 unspecified atom stereocenters. The zero-order chi connectivity index (χ0) is 17.4. The molecule has 24 heavy (non-hydrogen) atoms. The maximum atomic E-state index is 11.7. The lowest BCUT2D eigenvalue weighted by Crippen LogP contribution is -2.37. The van der Waals surface area contributed by atoms with E-state index in [1.165, 1.54) is 0 Å². The van der Waals surface area contributed by atoms with Crippen LogP contribution in [0.15, 0.2) is 30.3 Å². The number of alkyl carbamates (subject to hydrolysis) is 1. The molecule has 1 fully saturated rings. The molecule has 0 saturated carbocycles. The van der Waals surface area contributed by atoms with Gasteiger partial charge in [0.25, 0.3) is 0 Å². The van der Waals surface area contributed by atoms with Gasteiger partial charge >= 0.3 is 6.09 Å². The third kappa shape index (κ3) is 5.74. The maximum absolute atomic E-state index is 11.7. The fourth-order valence-corrected chi connectivity index (χ4v) is 4.23. The number of carbonyl (C=O) groups excluding carboxylic acids is 1. The van der Waals surface area contributed by atoms with Gasteiger partial charge in [0.15, 0.2) is 9.84 Å². The Morgan fingerprint density at radius 2 is 2.08 bits per heavy atom. The van der Waals surface area contributed by atoms with Gasteiger partial charge in [0, 0.05) is 18.3 Å². The van der Waals surface area contributed by atoms with Crippen molar-refractivity contribution in [3.63, 3.8) is 0 Å². The largest absolute Gasteiger partial charge is 0.448 e. The summed E-state index contributed by atoms with van der Waals surface area (Å²) < 4.78 is 27.9. The second kappa shape index (κ2) is 8.55. The SMILES string of the molecule is N#CCCN(CCOC(=O)NC1CCS(=O)(=O)C1)c1ccccc1. The van der Waals surface area contributed by atoms with E-state index in [1.807, 2.05) is 35.2 Å². The lowest BCUT2D eigenvalue weighted by atomic mass is 10.2. The molecule has 0 bridgehead atoms. The Kier molecular flexibility index (Phi) is 6.44. The van der Waals surface area contributed by atoms with E-state index in [2.05, 4.69) is 11.4 Å². The number of anilines is 1. The van der Waals surface area contributed by atoms with Crippen LogP contribution in [0.3, 0.4) is 0 Å². The molecule has 0 spiro atoms. The molecule has 0 aromatic heterocycles. The minimum Gasteiger partial charge on any atom is -0.448 e. The lowest BCUT2D eigenvalue weighted by molar-refractivity contribution is 0.145. The van der Waals surface area contributed by atoms with E-state index >= 15 is 0 Å². The van der Waals surface area contributed by atoms with Gasteiger partial charge in [0.05, 0.1) is 30.5 Å². The molecular formula is C16H21N3O4S. The van der Waals surface area contributed by atoms with Gasteiger partial charge in [0.1, 0.15) is 6.61 Å². The number of benzene rings is 1. The second-order valence-electron chi connectivity index (χ2n) is 5.61. The number of nitrogens with zero attached hydrogens (tertiary/aromatic N) is 2. The highest BCUT2D eigenvalue weighted by Gasteiger charge is 2.29. The predicted molar refractivity (Wildman–Crippen MR) is 90.4 cm³/mol. The summed E-state index contributed by atoms with van der Waals surface area (Å²) in [6.07, 6.45) is 0.196. The fraction of sp³-hybridized carbons (Fsp3) is 0.500. The Morgan fingerprint density at radius 3 is 2.71 bits per heavy atom. The van der Waals surface area contributed by atoms with Crippen LogP contribution in [-0.2, 0) is 14.6 Å². The Balaban J connectivity index is 1.78. The summed E-state index contributed by atoms with van der Waals surface area (Å²) in [5.74, 6) is 0.0777. The quantitative estimate of drug-likeness (QED) is 0.795. The lowest BCUT2D eigenvalue weighted by Gasteiger charge is -2.23. The number of rotatable bonds is 7. The van der Waals surface area contributed by atoms with Crippen LogP contribution >= 0.6 is 0 Å². The smallest absolute Gasteiger partial charge is 0.407 e. The van der Waals surface area contributed by atoms with Gasteiger partial charge in [-0.25, -0.2) is 13.2 Å². The maximum Gasteiger partial charge on any atom is 0.407 e. The number of amides is 1. The molecule has 1 saturated heterocycles. The van der Waals surface area contributed by atoms with Gasteiger partial charge in [-0.3, -0.25) is 0 Å². The minimum atomic E-state index is -3.03. The molecule has 0 aliphatic carbocycles. The van der Waals surface area contributed by atoms with E-state index in [4.69, 9.17) is 10.00 Å². The zero-order valence-corrected chi connectivity index (χ0v) is 14.2. The van der Waals surface area contributed by atoms with Crippen molar-refractivity contribution in [2.75, 3.05) is 36.1 Å². The van der Waals surface area contributed by atoms with Crippen molar-refractivity contribution in [1.29, 1.82) is 5.26 Å². The molecule has 130 valence electrons. The van der Waals surface area contributed by atoms with Crippen LogP contribution in [0.2, 0.25) is 0 Å². The third-order valence-corrected chi connectivity index (χ3v) is 5.53. The zero-order valence-electron chi connectivity index (χ0n) is 13.3. The van der Waals surface area contributed by atoms with Gasteiger partial charge in [-0.2, -0.15) is 5.26 Å². The number of nitrogens with one attached hydrogen (secondary N) is 1. The van der Waals surface area contributed by atoms with Crippen molar-refractivity contribution in [3.8, 4) is 6.07 Å². The van der Waals surface area contributed by atoms with E-state index in [9.17, 15) is 13.2 Å². The summed E-state index contributed by atoms with van der Waals surface area (Å²) in [5.41, 5.74) is 0.957. The van der Waals surface area contributed by atoms with Crippen LogP contribution in [0.5, 0.6) is 0 Å². The van der Waals surface area contributed by atoms with Gasteiger partial charge in [0.2, 0.25) is 0 Å². The molecule has 1 aromatic rings. The first-order valence-corrected chi connectivity index (χ1v) is 9.63. The van der Waals surface area contributed by atoms with Crippen LogP contribution in [0.25, 0.3) is 0 Å². The van der Waals surface area contributed by atoms with E-state index < -0.39 is 15.9 Å². The summed E-state index contributed by atoms with van der Waals surface area (Å²) >= 11 is 0. The molecule has 0 radical (unpaired) electrons. The first-order chi connectivity index (χ1) is 11.5. The number of carbonyl (C=O) groups is 1. The average molecular weight is 351 g/mol. The van der Waals surface area contributed by atoms with Crippen molar-refractivity contribution in [2.24, 2.45) is 0 Å². The monoisotopic (exact) mass is 351 g/mol. The molecule has 1 heterocycles. The van der Waals surface area contributed by atoms with Crippen molar-refractivity contribution >= 4 is 21.6 Å². The predicted octanol–water partition coefficient (Wildman–Crippen LogP) is 1.32. The number of sulfone groups is 1. The van der Waals surface area contributed by atoms with Crippen molar-refractivity contribution in [3.05, 3.63) is 30.3 Å². The summed E-state index contributed by atoms with van der Waals surface area (Å²) in [4.78, 5) is 13.7. The van der Waals surface area contributed by atoms with E-state index in [-0.39, 0.29) is 24.2 Å². The fourth-order valence-electron chi connectivity index (χ4n) is 2.56. The number of ether oxygens (including phenoxy) is 1. The molecule has 1 aliphatic rings. The number of para-hydroxylation sites is 1. The van der Waals surface area contributed by atoms with E-state index in [0.717, 1.165) is 5.69 Å². The molecule has 8 heteroatoms. The highest BCUT2D eigenvalue weighted by atomic mass is 32.2. The topological polar surface area (TPSA) is 99.5 Å². The second-order valence-corrected chi connectivity index (χ2v) is 7.84. The normalized spacial score (nSPS) is 18.5. The molecule has 1 amide bonds. The van der Waals surface area contributed by atoms with Gasteiger partial charge in [-0.1, -0.05) is 18.2 Å². The van der Waals surface area contributed by atoms with Crippen LogP contribution in [0, 0.1) is 11.3 Å². The molecule has 1 aliphatic heterocycles. The standard InChI is InChI=1S/C16H21N3O4S/c17-8-4-9-19(15-5-2-1-3-6-15)10-11-23-16(20)18-14-7-12-24(21,22)13-14/h1-3,5-6,14H,4,7,9-13H2,(H,18,20). The third-order valence-electron chi connectivity index (χ3n) is 3.76. The van der Waals surface area contributed by atoms with E-state index in [1.54, 1.807) is 0 Å². The first kappa shape index (κ1) is 18.1. The number of hydrogen-bond acceptors (Lipinski definition) is 6. The Morgan fingerprint density at radius 1 is 1.33 bits per heavy atom. The molecule has 1 N–H and O–H groups in total. The molecular weight excluding hydrogens is 330 g/mol. The molecule has 1 atom stereocenters. The van der Waals surface area contributed by atoms with Crippen molar-refractivity contribution in [1.82, 2.24) is 5.32 Å². The highest BCUT2D eigenvalue weighted by Crippen LogP contribution is 2.13. The number of hydrogen-bond donors (Lipinski definition) is 1. The van der Waals surface area contributed by atoms with Crippen molar-refractivity contribution < 1.29 is 17.9 Å². The summed E-state index contributed by atoms with van der Waals surface area (Å²) in [6.45, 7) is 1.17. The van der Waals surface area contributed by atoms with Crippen LogP contribution in [0.1, 0.15) is 12.8 Å². The average Bonchev–Trinajstić information content (AvgIpc) is 2.90. The molecule has 2 rings (SSSR count). The van der Waals surface area contributed by atoms with Gasteiger partial charge < -0.3 is 15.0 Å². The van der Waals surface area contributed by atoms with Crippen LogP contribution < -0.4 is 10.2 Å². The molecule has 7 nitrogen and oxygen atoms in total. The van der Waals surface area contributed by atoms with Gasteiger partial charge in [-0.15, -0.1) is 0 Å². The Bertz CT molecular complexity index is 685. The van der Waals surface area contributed by atoms with Crippen LogP contribution in [-0.4, -0.2) is 51.8 Å².